The number of ketones is 1. The van der Waals surface area contributed by atoms with Gasteiger partial charge in [0, 0.05) is 17.7 Å². The molecule has 0 aliphatic carbocycles. The highest BCUT2D eigenvalue weighted by molar-refractivity contribution is 8.15. The Morgan fingerprint density at radius 1 is 1.09 bits per heavy atom. The number of nitrogens with zero attached hydrogens (tertiary/aromatic N) is 1. The fourth-order valence-corrected chi connectivity index (χ4v) is 3.92. The summed E-state index contributed by atoms with van der Waals surface area (Å²) >= 11 is 1.07. The van der Waals surface area contributed by atoms with Crippen LogP contribution in [0, 0.1) is 0 Å². The smallest absolute Gasteiger partial charge is 0.262 e. The molecule has 1 aliphatic rings. The summed E-state index contributed by atoms with van der Waals surface area (Å²) in [6.45, 7) is 0. The summed E-state index contributed by atoms with van der Waals surface area (Å²) in [5.41, 5.74) is 7.15. The van der Waals surface area contributed by atoms with Gasteiger partial charge >= 0.3 is 0 Å². The van der Waals surface area contributed by atoms with Crippen LogP contribution in [0.3, 0.4) is 0 Å². The molecule has 9 nitrogen and oxygen atoms in total. The molecule has 0 unspecified atom stereocenters. The van der Waals surface area contributed by atoms with Crippen molar-refractivity contribution < 1.29 is 28.6 Å². The van der Waals surface area contributed by atoms with Crippen LogP contribution in [-0.4, -0.2) is 49.3 Å². The van der Waals surface area contributed by atoms with Crippen LogP contribution in [-0.2, 0) is 9.59 Å². The van der Waals surface area contributed by atoms with Crippen LogP contribution in [0.5, 0.6) is 17.2 Å². The fourth-order valence-electron chi connectivity index (χ4n) is 3.10. The van der Waals surface area contributed by atoms with E-state index in [0.717, 1.165) is 11.8 Å². The molecule has 2 aromatic carbocycles. The van der Waals surface area contributed by atoms with Crippen molar-refractivity contribution in [3.63, 3.8) is 0 Å². The molecule has 2 amide bonds. The summed E-state index contributed by atoms with van der Waals surface area (Å²) in [6.07, 6.45) is 3.04. The van der Waals surface area contributed by atoms with Crippen LogP contribution in [0.2, 0.25) is 0 Å². The second kappa shape index (κ2) is 10.7. The molecule has 172 valence electrons. The molecule has 33 heavy (non-hydrogen) atoms. The molecule has 1 heterocycles. The number of methoxy groups -OCH3 is 3. The van der Waals surface area contributed by atoms with Crippen LogP contribution >= 0.6 is 11.8 Å². The zero-order valence-electron chi connectivity index (χ0n) is 18.3. The third-order valence-electron chi connectivity index (χ3n) is 4.70. The van der Waals surface area contributed by atoms with E-state index in [-0.39, 0.29) is 23.3 Å². The van der Waals surface area contributed by atoms with Crippen LogP contribution in [0.25, 0.3) is 6.08 Å². The molecule has 0 bridgehead atoms. The largest absolute Gasteiger partial charge is 0.493 e. The number of anilines is 1. The first-order chi connectivity index (χ1) is 15.8. The lowest BCUT2D eigenvalue weighted by Gasteiger charge is -2.12. The molecule has 0 saturated carbocycles. The Kier molecular flexibility index (Phi) is 7.73. The molecule has 0 radical (unpaired) electrons. The van der Waals surface area contributed by atoms with Gasteiger partial charge in [-0.15, -0.1) is 0 Å². The highest BCUT2D eigenvalue weighted by Gasteiger charge is 2.29. The third-order valence-corrected chi connectivity index (χ3v) is 5.68. The fraction of sp³-hybridized carbons (Fsp3) is 0.217. The maximum absolute atomic E-state index is 12.6. The Morgan fingerprint density at radius 2 is 1.73 bits per heavy atom. The number of thioether (sulfide) groups is 1. The number of benzene rings is 2. The zero-order valence-corrected chi connectivity index (χ0v) is 19.1. The van der Waals surface area contributed by atoms with Gasteiger partial charge in [0.1, 0.15) is 5.25 Å². The van der Waals surface area contributed by atoms with E-state index in [1.54, 1.807) is 42.5 Å². The SMILES string of the molecule is COc1cc(/C=C/C(=O)c2ccc(NC(=O)C[C@H]3SC(N)=NC3=O)cc2)cc(OC)c1OC. The average Bonchev–Trinajstić information content (AvgIpc) is 3.13. The molecule has 1 aliphatic heterocycles. The van der Waals surface area contributed by atoms with Crippen molar-refractivity contribution in [2.24, 2.45) is 10.7 Å². The van der Waals surface area contributed by atoms with E-state index in [1.807, 2.05) is 0 Å². The van der Waals surface area contributed by atoms with Gasteiger partial charge < -0.3 is 25.3 Å². The number of nitrogens with one attached hydrogen (secondary N) is 1. The molecule has 0 spiro atoms. The number of carbonyl (C=O) groups is 3. The molecule has 2 aromatic rings. The van der Waals surface area contributed by atoms with Gasteiger partial charge in [0.05, 0.1) is 21.3 Å². The third kappa shape index (κ3) is 5.92. The number of amides is 2. The van der Waals surface area contributed by atoms with Crippen LogP contribution in [0.4, 0.5) is 5.69 Å². The minimum atomic E-state index is -0.605. The number of hydrogen-bond acceptors (Lipinski definition) is 8. The van der Waals surface area contributed by atoms with Gasteiger partial charge in [-0.2, -0.15) is 4.99 Å². The standard InChI is InChI=1S/C23H23N3O6S/c1-30-17-10-13(11-18(31-2)21(17)32-3)4-9-16(27)14-5-7-15(8-6-14)25-20(28)12-19-22(29)26-23(24)33-19/h4-11,19H,12H2,1-3H3,(H,25,28)(H2,24,26,29)/b9-4+/t19-/m1/s1. The molecule has 3 N–H and O–H groups in total. The molecule has 0 fully saturated rings. The first-order valence-electron chi connectivity index (χ1n) is 9.81. The lowest BCUT2D eigenvalue weighted by atomic mass is 10.1. The molecule has 1 atom stereocenters. The Hall–Kier alpha value is -3.79. The predicted molar refractivity (Wildman–Crippen MR) is 127 cm³/mol. The minimum Gasteiger partial charge on any atom is -0.493 e. The van der Waals surface area contributed by atoms with Crippen molar-refractivity contribution in [2.45, 2.75) is 11.7 Å². The van der Waals surface area contributed by atoms with Crippen LogP contribution in [0.1, 0.15) is 22.3 Å². The average molecular weight is 470 g/mol. The van der Waals surface area contributed by atoms with Gasteiger partial charge in [-0.1, -0.05) is 17.8 Å². The number of nitrogens with two attached hydrogens (primary N) is 1. The van der Waals surface area contributed by atoms with Crippen molar-refractivity contribution in [1.82, 2.24) is 0 Å². The zero-order chi connectivity index (χ0) is 24.0. The minimum absolute atomic E-state index is 0.0358. The first-order valence-corrected chi connectivity index (χ1v) is 10.7. The highest BCUT2D eigenvalue weighted by Crippen LogP contribution is 2.38. The van der Waals surface area contributed by atoms with Gasteiger partial charge in [0.15, 0.2) is 22.4 Å². The van der Waals surface area contributed by atoms with E-state index in [0.29, 0.717) is 34.1 Å². The number of rotatable bonds is 9. The van der Waals surface area contributed by atoms with Crippen molar-refractivity contribution in [3.8, 4) is 17.2 Å². The van der Waals surface area contributed by atoms with E-state index in [9.17, 15) is 14.4 Å². The number of carbonyl (C=O) groups excluding carboxylic acids is 3. The summed E-state index contributed by atoms with van der Waals surface area (Å²) in [6, 6.07) is 9.91. The summed E-state index contributed by atoms with van der Waals surface area (Å²) < 4.78 is 15.9. The lowest BCUT2D eigenvalue weighted by molar-refractivity contribution is -0.121. The summed E-state index contributed by atoms with van der Waals surface area (Å²) in [5, 5.41) is 2.26. The maximum atomic E-state index is 12.6. The highest BCUT2D eigenvalue weighted by atomic mass is 32.2. The van der Waals surface area contributed by atoms with E-state index in [4.69, 9.17) is 19.9 Å². The summed E-state index contributed by atoms with van der Waals surface area (Å²) in [7, 11) is 4.55. The van der Waals surface area contributed by atoms with Crippen molar-refractivity contribution in [3.05, 3.63) is 53.6 Å². The second-order valence-corrected chi connectivity index (χ2v) is 8.10. The molecule has 10 heteroatoms. The predicted octanol–water partition coefficient (Wildman–Crippen LogP) is 2.89. The number of hydrogen-bond donors (Lipinski definition) is 2. The summed E-state index contributed by atoms with van der Waals surface area (Å²) in [5.74, 6) is 0.460. The van der Waals surface area contributed by atoms with E-state index in [1.165, 1.54) is 27.4 Å². The molecule has 0 aromatic heterocycles. The van der Waals surface area contributed by atoms with Crippen molar-refractivity contribution in [1.29, 1.82) is 0 Å². The summed E-state index contributed by atoms with van der Waals surface area (Å²) in [4.78, 5) is 40.0. The maximum Gasteiger partial charge on any atom is 0.262 e. The first kappa shape index (κ1) is 23.9. The van der Waals surface area contributed by atoms with Crippen LogP contribution < -0.4 is 25.3 Å². The van der Waals surface area contributed by atoms with Gasteiger partial charge in [0.2, 0.25) is 11.7 Å². The Bertz CT molecular complexity index is 1100. The topological polar surface area (TPSA) is 129 Å². The molecular formula is C23H23N3O6S. The Balaban J connectivity index is 1.63. The van der Waals surface area contributed by atoms with E-state index in [2.05, 4.69) is 10.3 Å². The van der Waals surface area contributed by atoms with Crippen molar-refractivity contribution >= 4 is 46.3 Å². The Morgan fingerprint density at radius 3 is 2.24 bits per heavy atom. The number of aliphatic imine (C=N–C) groups is 1. The number of allylic oxidation sites excluding steroid dienone is 1. The Labute approximate surface area is 195 Å². The monoisotopic (exact) mass is 469 g/mol. The van der Waals surface area contributed by atoms with Gasteiger partial charge in [-0.05, 0) is 48.0 Å². The number of ether oxygens (including phenoxy) is 3. The van der Waals surface area contributed by atoms with Crippen LogP contribution in [0.15, 0.2) is 47.5 Å². The normalized spacial score (nSPS) is 15.3. The quantitative estimate of drug-likeness (QED) is 0.424. The molecule has 0 saturated heterocycles. The number of amidine groups is 1. The van der Waals surface area contributed by atoms with Gasteiger partial charge in [0.25, 0.3) is 5.91 Å². The van der Waals surface area contributed by atoms with E-state index < -0.39 is 11.2 Å². The van der Waals surface area contributed by atoms with E-state index >= 15 is 0 Å². The lowest BCUT2D eigenvalue weighted by Crippen LogP contribution is -2.21. The molecule has 3 rings (SSSR count). The van der Waals surface area contributed by atoms with Gasteiger partial charge in [-0.25, -0.2) is 0 Å². The second-order valence-electron chi connectivity index (χ2n) is 6.88. The van der Waals surface area contributed by atoms with Crippen molar-refractivity contribution in [2.75, 3.05) is 26.6 Å². The van der Waals surface area contributed by atoms with Gasteiger partial charge in [-0.3, -0.25) is 14.4 Å². The molecular weight excluding hydrogens is 446 g/mol.